The molecule has 0 saturated heterocycles. The number of carbonyl (C=O) groups is 1. The van der Waals surface area contributed by atoms with Gasteiger partial charge in [-0.2, -0.15) is 0 Å². The van der Waals surface area contributed by atoms with E-state index in [1.165, 1.54) is 0 Å². The molecule has 6 heteroatoms. The number of thiocarbonyl (C=S) groups is 1. The SMILES string of the molecule is CNC(=O)c1ccccc1NC(=S)Nc1cccnc1. The van der Waals surface area contributed by atoms with Crippen molar-refractivity contribution in [3.63, 3.8) is 0 Å². The highest BCUT2D eigenvalue weighted by Crippen LogP contribution is 2.15. The van der Waals surface area contributed by atoms with Gasteiger partial charge in [0, 0.05) is 13.2 Å². The highest BCUT2D eigenvalue weighted by Gasteiger charge is 2.09. The van der Waals surface area contributed by atoms with Crippen LogP contribution in [0.1, 0.15) is 10.4 Å². The predicted molar refractivity (Wildman–Crippen MR) is 83.9 cm³/mol. The first-order valence-corrected chi connectivity index (χ1v) is 6.40. The molecule has 1 aromatic carbocycles. The number of hydrogen-bond acceptors (Lipinski definition) is 3. The van der Waals surface area contributed by atoms with Gasteiger partial charge >= 0.3 is 0 Å². The van der Waals surface area contributed by atoms with E-state index in [9.17, 15) is 4.79 Å². The number of nitrogens with one attached hydrogen (secondary N) is 3. The van der Waals surface area contributed by atoms with Gasteiger partial charge in [0.15, 0.2) is 5.11 Å². The fraction of sp³-hybridized carbons (Fsp3) is 0.0714. The van der Waals surface area contributed by atoms with E-state index in [1.54, 1.807) is 37.6 Å². The maximum Gasteiger partial charge on any atom is 0.253 e. The quantitative estimate of drug-likeness (QED) is 0.755. The highest BCUT2D eigenvalue weighted by atomic mass is 32.1. The van der Waals surface area contributed by atoms with Crippen molar-refractivity contribution in [2.75, 3.05) is 17.7 Å². The van der Waals surface area contributed by atoms with Crippen LogP contribution in [-0.2, 0) is 0 Å². The Hall–Kier alpha value is -2.47. The Balaban J connectivity index is 2.10. The first kappa shape index (κ1) is 14.0. The van der Waals surface area contributed by atoms with Crippen LogP contribution in [0.25, 0.3) is 0 Å². The fourth-order valence-corrected chi connectivity index (χ4v) is 1.87. The first-order valence-electron chi connectivity index (χ1n) is 6.00. The Bertz CT molecular complexity index is 616. The monoisotopic (exact) mass is 286 g/mol. The minimum atomic E-state index is -0.169. The van der Waals surface area contributed by atoms with Gasteiger partial charge in [-0.15, -0.1) is 0 Å². The molecule has 1 amide bonds. The molecule has 3 N–H and O–H groups in total. The minimum Gasteiger partial charge on any atom is -0.355 e. The van der Waals surface area contributed by atoms with Crippen LogP contribution >= 0.6 is 12.2 Å². The van der Waals surface area contributed by atoms with Crippen molar-refractivity contribution in [1.29, 1.82) is 0 Å². The van der Waals surface area contributed by atoms with Crippen molar-refractivity contribution in [3.05, 3.63) is 54.4 Å². The Morgan fingerprint density at radius 3 is 2.65 bits per heavy atom. The van der Waals surface area contributed by atoms with Crippen molar-refractivity contribution in [3.8, 4) is 0 Å². The molecule has 0 radical (unpaired) electrons. The number of para-hydroxylation sites is 1. The molecule has 0 unspecified atom stereocenters. The summed E-state index contributed by atoms with van der Waals surface area (Å²) in [7, 11) is 1.59. The summed E-state index contributed by atoms with van der Waals surface area (Å²) >= 11 is 5.22. The summed E-state index contributed by atoms with van der Waals surface area (Å²) in [6.07, 6.45) is 3.35. The molecule has 2 rings (SSSR count). The Morgan fingerprint density at radius 1 is 1.15 bits per heavy atom. The summed E-state index contributed by atoms with van der Waals surface area (Å²) in [4.78, 5) is 15.7. The molecule has 0 aliphatic heterocycles. The second-order valence-corrected chi connectivity index (χ2v) is 4.35. The van der Waals surface area contributed by atoms with E-state index in [2.05, 4.69) is 20.9 Å². The Labute approximate surface area is 122 Å². The number of nitrogens with zero attached hydrogens (tertiary/aromatic N) is 1. The molecule has 0 fully saturated rings. The summed E-state index contributed by atoms with van der Waals surface area (Å²) in [6.45, 7) is 0. The minimum absolute atomic E-state index is 0.169. The van der Waals surface area contributed by atoms with Gasteiger partial charge in [0.2, 0.25) is 0 Å². The molecule has 102 valence electrons. The highest BCUT2D eigenvalue weighted by molar-refractivity contribution is 7.80. The molecule has 5 nitrogen and oxygen atoms in total. The fourth-order valence-electron chi connectivity index (χ4n) is 1.65. The molecule has 20 heavy (non-hydrogen) atoms. The van der Waals surface area contributed by atoms with Crippen LogP contribution < -0.4 is 16.0 Å². The van der Waals surface area contributed by atoms with E-state index < -0.39 is 0 Å². The number of anilines is 2. The lowest BCUT2D eigenvalue weighted by Gasteiger charge is -2.13. The molecule has 0 bridgehead atoms. The van der Waals surface area contributed by atoms with Gasteiger partial charge < -0.3 is 16.0 Å². The number of hydrogen-bond donors (Lipinski definition) is 3. The molecule has 0 aliphatic rings. The van der Waals surface area contributed by atoms with Crippen LogP contribution in [0.4, 0.5) is 11.4 Å². The van der Waals surface area contributed by atoms with Crippen molar-refractivity contribution in [2.45, 2.75) is 0 Å². The van der Waals surface area contributed by atoms with Gasteiger partial charge in [0.1, 0.15) is 0 Å². The van der Waals surface area contributed by atoms with E-state index in [4.69, 9.17) is 12.2 Å². The second-order valence-electron chi connectivity index (χ2n) is 3.95. The van der Waals surface area contributed by atoms with Crippen LogP contribution in [-0.4, -0.2) is 23.1 Å². The van der Waals surface area contributed by atoms with Crippen LogP contribution in [0, 0.1) is 0 Å². The van der Waals surface area contributed by atoms with Gasteiger partial charge in [-0.3, -0.25) is 9.78 Å². The molecule has 0 atom stereocenters. The number of benzene rings is 1. The zero-order chi connectivity index (χ0) is 14.4. The number of aromatic nitrogens is 1. The molecular formula is C14H14N4OS. The van der Waals surface area contributed by atoms with Crippen LogP contribution in [0.2, 0.25) is 0 Å². The molecular weight excluding hydrogens is 272 g/mol. The van der Waals surface area contributed by atoms with E-state index in [0.29, 0.717) is 16.4 Å². The number of rotatable bonds is 3. The van der Waals surface area contributed by atoms with E-state index in [-0.39, 0.29) is 5.91 Å². The summed E-state index contributed by atoms with van der Waals surface area (Å²) < 4.78 is 0. The first-order chi connectivity index (χ1) is 9.70. The lowest BCUT2D eigenvalue weighted by atomic mass is 10.1. The molecule has 0 aliphatic carbocycles. The van der Waals surface area contributed by atoms with E-state index >= 15 is 0 Å². The van der Waals surface area contributed by atoms with Crippen LogP contribution in [0.15, 0.2) is 48.8 Å². The van der Waals surface area contributed by atoms with Crippen molar-refractivity contribution in [1.82, 2.24) is 10.3 Å². The van der Waals surface area contributed by atoms with Gasteiger partial charge in [-0.25, -0.2) is 0 Å². The smallest absolute Gasteiger partial charge is 0.253 e. The maximum atomic E-state index is 11.7. The second kappa shape index (κ2) is 6.63. The standard InChI is InChI=1S/C14H14N4OS/c1-15-13(19)11-6-2-3-7-12(11)18-14(20)17-10-5-4-8-16-9-10/h2-9H,1H3,(H,15,19)(H2,17,18,20). The average molecular weight is 286 g/mol. The van der Waals surface area contributed by atoms with Crippen LogP contribution in [0.3, 0.4) is 0 Å². The number of amides is 1. The summed E-state index contributed by atoms with van der Waals surface area (Å²) in [5, 5.41) is 9.00. The average Bonchev–Trinajstić information content (AvgIpc) is 2.48. The number of carbonyl (C=O) groups excluding carboxylic acids is 1. The summed E-state index contributed by atoms with van der Waals surface area (Å²) in [6, 6.07) is 10.8. The molecule has 0 saturated carbocycles. The van der Waals surface area contributed by atoms with Crippen LogP contribution in [0.5, 0.6) is 0 Å². The molecule has 2 aromatic rings. The molecule has 1 aromatic heterocycles. The van der Waals surface area contributed by atoms with E-state index in [0.717, 1.165) is 5.69 Å². The summed E-state index contributed by atoms with van der Waals surface area (Å²) in [5.74, 6) is -0.169. The van der Waals surface area contributed by atoms with Gasteiger partial charge in [-0.05, 0) is 36.5 Å². The maximum absolute atomic E-state index is 11.7. The zero-order valence-corrected chi connectivity index (χ0v) is 11.7. The lowest BCUT2D eigenvalue weighted by molar-refractivity contribution is 0.0964. The third-order valence-electron chi connectivity index (χ3n) is 2.57. The van der Waals surface area contributed by atoms with Gasteiger partial charge in [-0.1, -0.05) is 12.1 Å². The van der Waals surface area contributed by atoms with Crippen molar-refractivity contribution < 1.29 is 4.79 Å². The van der Waals surface area contributed by atoms with Crippen molar-refractivity contribution in [2.24, 2.45) is 0 Å². The van der Waals surface area contributed by atoms with E-state index in [1.807, 2.05) is 18.2 Å². The summed E-state index contributed by atoms with van der Waals surface area (Å²) in [5.41, 5.74) is 1.96. The topological polar surface area (TPSA) is 66.1 Å². The Morgan fingerprint density at radius 2 is 1.95 bits per heavy atom. The van der Waals surface area contributed by atoms with Crippen molar-refractivity contribution >= 4 is 34.6 Å². The van der Waals surface area contributed by atoms with Gasteiger partial charge in [0.25, 0.3) is 5.91 Å². The third-order valence-corrected chi connectivity index (χ3v) is 2.77. The molecule has 1 heterocycles. The lowest BCUT2D eigenvalue weighted by Crippen LogP contribution is -2.23. The molecule has 0 spiro atoms. The number of pyridine rings is 1. The largest absolute Gasteiger partial charge is 0.355 e. The van der Waals surface area contributed by atoms with Gasteiger partial charge in [0.05, 0.1) is 23.1 Å². The Kier molecular flexibility index (Phi) is 4.62. The predicted octanol–water partition coefficient (Wildman–Crippen LogP) is 2.25. The third kappa shape index (κ3) is 3.52. The normalized spacial score (nSPS) is 9.65. The zero-order valence-electron chi connectivity index (χ0n) is 10.9.